The first-order valence-electron chi connectivity index (χ1n) is 7.86. The number of hydrogen-bond acceptors (Lipinski definition) is 6. The smallest absolute Gasteiger partial charge is 0.203 e. The van der Waals surface area contributed by atoms with Crippen LogP contribution in [0.3, 0.4) is 0 Å². The molecule has 0 aliphatic rings. The van der Waals surface area contributed by atoms with Crippen LogP contribution in [0.2, 0.25) is 0 Å². The van der Waals surface area contributed by atoms with E-state index in [1.54, 1.807) is 18.3 Å². The first-order valence-corrected chi connectivity index (χ1v) is 8.68. The van der Waals surface area contributed by atoms with Gasteiger partial charge in [0.25, 0.3) is 0 Å². The maximum atomic E-state index is 13.2. The Morgan fingerprint density at radius 3 is 2.31 bits per heavy atom. The Morgan fingerprint density at radius 1 is 0.885 bits per heavy atom. The number of benzene rings is 2. The normalized spacial score (nSPS) is 10.7. The predicted molar refractivity (Wildman–Crippen MR) is 103 cm³/mol. The Balaban J connectivity index is 1.60. The first kappa shape index (κ1) is 16.2. The Kier molecular flexibility index (Phi) is 4.28. The van der Waals surface area contributed by atoms with E-state index in [0.29, 0.717) is 10.9 Å². The number of nitrogen functional groups attached to an aromatic ring is 1. The molecule has 0 spiro atoms. The minimum atomic E-state index is -0.264. The summed E-state index contributed by atoms with van der Waals surface area (Å²) in [5, 5.41) is 12.4. The van der Waals surface area contributed by atoms with Gasteiger partial charge in [-0.3, -0.25) is 0 Å². The van der Waals surface area contributed by atoms with Crippen LogP contribution in [0.4, 0.5) is 21.0 Å². The number of rotatable bonds is 4. The lowest BCUT2D eigenvalue weighted by molar-refractivity contribution is 0.628. The molecule has 0 radical (unpaired) electrons. The van der Waals surface area contributed by atoms with Gasteiger partial charge in [-0.05, 0) is 54.1 Å². The lowest BCUT2D eigenvalue weighted by atomic mass is 10.1. The van der Waals surface area contributed by atoms with Crippen molar-refractivity contribution in [3.05, 3.63) is 72.7 Å². The van der Waals surface area contributed by atoms with Crippen molar-refractivity contribution < 1.29 is 4.39 Å². The summed E-state index contributed by atoms with van der Waals surface area (Å²) in [7, 11) is 0. The van der Waals surface area contributed by atoms with Gasteiger partial charge in [-0.15, -0.1) is 10.2 Å². The van der Waals surface area contributed by atoms with Gasteiger partial charge in [0.15, 0.2) is 0 Å². The van der Waals surface area contributed by atoms with E-state index in [1.807, 2.05) is 36.4 Å². The van der Waals surface area contributed by atoms with Gasteiger partial charge in [0, 0.05) is 23.0 Å². The Bertz CT molecular complexity index is 1030. The van der Waals surface area contributed by atoms with Crippen molar-refractivity contribution in [2.45, 2.75) is 0 Å². The highest BCUT2D eigenvalue weighted by Crippen LogP contribution is 2.30. The third-order valence-corrected chi connectivity index (χ3v) is 4.60. The molecule has 0 saturated carbocycles. The standard InChI is InChI=1S/C19H14FN5S/c20-14-7-3-12(4-8-14)16-2-1-11-22-17(16)23-15-9-5-13(6-10-15)18-24-25-19(21)26-18/h1-11H,(H2,21,25)(H,22,23). The molecule has 128 valence electrons. The van der Waals surface area contributed by atoms with Crippen LogP contribution < -0.4 is 11.1 Å². The van der Waals surface area contributed by atoms with Gasteiger partial charge in [0.05, 0.1) is 0 Å². The maximum absolute atomic E-state index is 13.2. The average Bonchev–Trinajstić information content (AvgIpc) is 3.10. The Morgan fingerprint density at radius 2 is 1.62 bits per heavy atom. The number of pyridine rings is 1. The molecule has 4 rings (SSSR count). The van der Waals surface area contributed by atoms with Crippen molar-refractivity contribution >= 4 is 28.0 Å². The molecule has 4 aromatic rings. The number of nitrogens with zero attached hydrogens (tertiary/aromatic N) is 3. The highest BCUT2D eigenvalue weighted by molar-refractivity contribution is 7.18. The zero-order chi connectivity index (χ0) is 17.9. The van der Waals surface area contributed by atoms with Gasteiger partial charge in [0.2, 0.25) is 5.13 Å². The second-order valence-corrected chi connectivity index (χ2v) is 6.56. The van der Waals surface area contributed by atoms with Crippen LogP contribution in [0, 0.1) is 5.82 Å². The SMILES string of the molecule is Nc1nnc(-c2ccc(Nc3ncccc3-c3ccc(F)cc3)cc2)s1. The number of anilines is 3. The van der Waals surface area contributed by atoms with Crippen LogP contribution in [0.25, 0.3) is 21.7 Å². The monoisotopic (exact) mass is 363 g/mol. The molecule has 0 aliphatic heterocycles. The van der Waals surface area contributed by atoms with Crippen molar-refractivity contribution in [3.63, 3.8) is 0 Å². The van der Waals surface area contributed by atoms with Crippen LogP contribution >= 0.6 is 11.3 Å². The van der Waals surface area contributed by atoms with Gasteiger partial charge in [-0.2, -0.15) is 0 Å². The summed E-state index contributed by atoms with van der Waals surface area (Å²) in [4.78, 5) is 4.42. The predicted octanol–water partition coefficient (Wildman–Crippen LogP) is 4.73. The van der Waals surface area contributed by atoms with Gasteiger partial charge >= 0.3 is 0 Å². The quantitative estimate of drug-likeness (QED) is 0.548. The van der Waals surface area contributed by atoms with Gasteiger partial charge in [-0.25, -0.2) is 9.37 Å². The molecule has 0 aliphatic carbocycles. The lowest BCUT2D eigenvalue weighted by Gasteiger charge is -2.11. The van der Waals surface area contributed by atoms with E-state index in [4.69, 9.17) is 5.73 Å². The number of nitrogens with one attached hydrogen (secondary N) is 1. The molecular weight excluding hydrogens is 349 g/mol. The molecule has 0 saturated heterocycles. The summed E-state index contributed by atoms with van der Waals surface area (Å²) in [6.45, 7) is 0. The second kappa shape index (κ2) is 6.89. The summed E-state index contributed by atoms with van der Waals surface area (Å²) >= 11 is 1.34. The summed E-state index contributed by atoms with van der Waals surface area (Å²) in [5.41, 5.74) is 9.25. The highest BCUT2D eigenvalue weighted by atomic mass is 32.1. The molecule has 5 nitrogen and oxygen atoms in total. The third-order valence-electron chi connectivity index (χ3n) is 3.80. The van der Waals surface area contributed by atoms with Gasteiger partial charge < -0.3 is 11.1 Å². The van der Waals surface area contributed by atoms with Crippen LogP contribution in [0.5, 0.6) is 0 Å². The minimum Gasteiger partial charge on any atom is -0.374 e. The first-order chi connectivity index (χ1) is 12.7. The van der Waals surface area contributed by atoms with Crippen LogP contribution in [-0.2, 0) is 0 Å². The van der Waals surface area contributed by atoms with Gasteiger partial charge in [0.1, 0.15) is 16.6 Å². The summed E-state index contributed by atoms with van der Waals surface area (Å²) in [6, 6.07) is 17.9. The van der Waals surface area contributed by atoms with E-state index in [0.717, 1.165) is 27.4 Å². The van der Waals surface area contributed by atoms with Crippen LogP contribution in [-0.4, -0.2) is 15.2 Å². The molecule has 7 heteroatoms. The maximum Gasteiger partial charge on any atom is 0.203 e. The van der Waals surface area contributed by atoms with Crippen molar-refractivity contribution in [1.82, 2.24) is 15.2 Å². The van der Waals surface area contributed by atoms with E-state index in [1.165, 1.54) is 23.5 Å². The minimum absolute atomic E-state index is 0.264. The molecule has 3 N–H and O–H groups in total. The second-order valence-electron chi connectivity index (χ2n) is 5.55. The number of aromatic nitrogens is 3. The molecular formula is C19H14FN5S. The van der Waals surface area contributed by atoms with Crippen molar-refractivity contribution in [3.8, 4) is 21.7 Å². The molecule has 0 fully saturated rings. The van der Waals surface area contributed by atoms with Crippen molar-refractivity contribution in [2.24, 2.45) is 0 Å². The largest absolute Gasteiger partial charge is 0.374 e. The fourth-order valence-corrected chi connectivity index (χ4v) is 3.17. The summed E-state index contributed by atoms with van der Waals surface area (Å²) in [6.07, 6.45) is 1.72. The third kappa shape index (κ3) is 3.38. The van der Waals surface area contributed by atoms with Crippen LogP contribution in [0.1, 0.15) is 0 Å². The van der Waals surface area contributed by atoms with E-state index < -0.39 is 0 Å². The van der Waals surface area contributed by atoms with E-state index >= 15 is 0 Å². The molecule has 0 atom stereocenters. The molecule has 2 heterocycles. The zero-order valence-electron chi connectivity index (χ0n) is 13.6. The van der Waals surface area contributed by atoms with E-state index in [2.05, 4.69) is 20.5 Å². The summed E-state index contributed by atoms with van der Waals surface area (Å²) < 4.78 is 13.2. The highest BCUT2D eigenvalue weighted by Gasteiger charge is 2.08. The number of halogens is 1. The number of hydrogen-bond donors (Lipinski definition) is 2. The van der Waals surface area contributed by atoms with Gasteiger partial charge in [-0.1, -0.05) is 23.5 Å². The summed E-state index contributed by atoms with van der Waals surface area (Å²) in [5.74, 6) is 0.437. The zero-order valence-corrected chi connectivity index (χ0v) is 14.4. The Hall–Kier alpha value is -3.32. The van der Waals surface area contributed by atoms with Crippen molar-refractivity contribution in [2.75, 3.05) is 11.1 Å². The van der Waals surface area contributed by atoms with E-state index in [-0.39, 0.29) is 5.82 Å². The Labute approximate surface area is 153 Å². The van der Waals surface area contributed by atoms with Crippen molar-refractivity contribution in [1.29, 1.82) is 0 Å². The van der Waals surface area contributed by atoms with Crippen LogP contribution in [0.15, 0.2) is 66.9 Å². The van der Waals surface area contributed by atoms with E-state index in [9.17, 15) is 4.39 Å². The number of nitrogens with two attached hydrogens (primary N) is 1. The fourth-order valence-electron chi connectivity index (χ4n) is 2.55. The lowest BCUT2D eigenvalue weighted by Crippen LogP contribution is -1.96. The topological polar surface area (TPSA) is 76.7 Å². The molecule has 0 bridgehead atoms. The fraction of sp³-hybridized carbons (Fsp3) is 0. The molecule has 26 heavy (non-hydrogen) atoms. The molecule has 0 unspecified atom stereocenters. The average molecular weight is 363 g/mol. The molecule has 2 aromatic carbocycles. The molecule has 0 amide bonds. The molecule has 2 aromatic heterocycles.